The first-order valence-corrected chi connectivity index (χ1v) is 15.4. The van der Waals surface area contributed by atoms with Crippen molar-refractivity contribution in [2.75, 3.05) is 26.0 Å². The fourth-order valence-corrected chi connectivity index (χ4v) is 7.60. The molecule has 0 fully saturated rings. The van der Waals surface area contributed by atoms with Crippen molar-refractivity contribution in [3.8, 4) is 0 Å². The molecule has 3 nitrogen and oxygen atoms in total. The highest BCUT2D eigenvalue weighted by atomic mass is 15.2. The number of rotatable bonds is 5. The lowest BCUT2D eigenvalue weighted by molar-refractivity contribution is -0.401. The van der Waals surface area contributed by atoms with E-state index in [2.05, 4.69) is 186 Å². The first-order valence-electron chi connectivity index (χ1n) is 15.4. The largest absolute Gasteiger partial charge is 0.347 e. The standard InChI is InChI=1S/C40H45N3/c1-38(2)29-16-10-13-19-32(29)41(7)35(38)25-22-28(23-26-36-39(3,4)30-17-11-14-20-33(30)42(36)8)24-27-37-40(5,6)31-18-12-15-21-34(31)43(37)9/h10-27H,1-9H3/q+2. The summed E-state index contributed by atoms with van der Waals surface area (Å²) in [5, 5.41) is 0. The van der Waals surface area contributed by atoms with Crippen LogP contribution in [0.3, 0.4) is 0 Å². The highest BCUT2D eigenvalue weighted by Gasteiger charge is 2.44. The lowest BCUT2D eigenvalue weighted by Gasteiger charge is -2.23. The van der Waals surface area contributed by atoms with Gasteiger partial charge in [-0.1, -0.05) is 74.5 Å². The molecule has 3 heteroatoms. The zero-order valence-electron chi connectivity index (χ0n) is 27.2. The van der Waals surface area contributed by atoms with E-state index in [0.29, 0.717) is 0 Å². The van der Waals surface area contributed by atoms with Gasteiger partial charge in [-0.2, -0.15) is 9.15 Å². The van der Waals surface area contributed by atoms with Crippen LogP contribution in [0, 0.1) is 0 Å². The smallest absolute Gasteiger partial charge is 0.209 e. The number of hydrogen-bond acceptors (Lipinski definition) is 1. The van der Waals surface area contributed by atoms with E-state index in [0.717, 1.165) is 5.57 Å². The number of nitrogens with zero attached hydrogens (tertiary/aromatic N) is 3. The van der Waals surface area contributed by atoms with Crippen molar-refractivity contribution in [3.05, 3.63) is 137 Å². The van der Waals surface area contributed by atoms with E-state index >= 15 is 0 Å². The Morgan fingerprint density at radius 3 is 1.51 bits per heavy atom. The molecule has 0 amide bonds. The Bertz CT molecular complexity index is 1730. The number of anilines is 1. The van der Waals surface area contributed by atoms with Gasteiger partial charge in [0.1, 0.15) is 14.1 Å². The number of allylic oxidation sites excluding steroid dienone is 8. The van der Waals surface area contributed by atoms with Gasteiger partial charge in [0.25, 0.3) is 0 Å². The third-order valence-electron chi connectivity index (χ3n) is 10.1. The van der Waals surface area contributed by atoms with Gasteiger partial charge in [-0.15, -0.1) is 0 Å². The average Bonchev–Trinajstić information content (AvgIpc) is 3.40. The Kier molecular flexibility index (Phi) is 6.84. The Morgan fingerprint density at radius 1 is 0.605 bits per heavy atom. The summed E-state index contributed by atoms with van der Waals surface area (Å²) in [4.78, 5) is 2.34. The second kappa shape index (κ2) is 10.2. The van der Waals surface area contributed by atoms with Crippen LogP contribution in [0.5, 0.6) is 0 Å². The number of benzene rings is 3. The zero-order valence-corrected chi connectivity index (χ0v) is 27.2. The van der Waals surface area contributed by atoms with Gasteiger partial charge in [0, 0.05) is 59.3 Å². The quantitative estimate of drug-likeness (QED) is 0.221. The predicted molar refractivity (Wildman–Crippen MR) is 183 cm³/mol. The Hall–Kier alpha value is -4.24. The molecule has 0 radical (unpaired) electrons. The minimum absolute atomic E-state index is 0.0749. The van der Waals surface area contributed by atoms with Crippen molar-refractivity contribution in [2.24, 2.45) is 0 Å². The normalized spacial score (nSPS) is 20.4. The Morgan fingerprint density at radius 2 is 1.05 bits per heavy atom. The van der Waals surface area contributed by atoms with Crippen molar-refractivity contribution in [1.82, 2.24) is 0 Å². The third-order valence-corrected chi connectivity index (χ3v) is 10.1. The molecular weight excluding hydrogens is 522 g/mol. The molecule has 0 saturated heterocycles. The molecule has 3 aromatic carbocycles. The molecule has 0 unspecified atom stereocenters. The van der Waals surface area contributed by atoms with E-state index < -0.39 is 0 Å². The van der Waals surface area contributed by atoms with Crippen LogP contribution in [0.4, 0.5) is 17.1 Å². The predicted octanol–water partition coefficient (Wildman–Crippen LogP) is 8.75. The lowest BCUT2D eigenvalue weighted by atomic mass is 9.81. The third kappa shape index (κ3) is 4.49. The van der Waals surface area contributed by atoms with Crippen LogP contribution >= 0.6 is 0 Å². The molecule has 3 aromatic rings. The summed E-state index contributed by atoms with van der Waals surface area (Å²) >= 11 is 0. The summed E-state index contributed by atoms with van der Waals surface area (Å²) in [6.45, 7) is 14.0. The van der Waals surface area contributed by atoms with Crippen molar-refractivity contribution in [3.63, 3.8) is 0 Å². The van der Waals surface area contributed by atoms with E-state index in [4.69, 9.17) is 0 Å². The molecule has 0 N–H and O–H groups in total. The lowest BCUT2D eigenvalue weighted by Crippen LogP contribution is -2.27. The van der Waals surface area contributed by atoms with Gasteiger partial charge >= 0.3 is 0 Å². The topological polar surface area (TPSA) is 9.26 Å². The molecule has 3 aliphatic rings. The van der Waals surface area contributed by atoms with Crippen LogP contribution in [0.1, 0.15) is 58.2 Å². The van der Waals surface area contributed by atoms with Crippen LogP contribution < -0.4 is 4.90 Å². The van der Waals surface area contributed by atoms with Crippen molar-refractivity contribution < 1.29 is 9.15 Å². The molecular formula is C40H45N3+2. The fourth-order valence-electron chi connectivity index (χ4n) is 7.60. The maximum absolute atomic E-state index is 2.34. The molecule has 3 aliphatic heterocycles. The molecule has 218 valence electrons. The minimum atomic E-state index is -0.0749. The van der Waals surface area contributed by atoms with E-state index in [1.807, 2.05) is 0 Å². The molecule has 0 aromatic heterocycles. The first kappa shape index (κ1) is 28.9. The summed E-state index contributed by atoms with van der Waals surface area (Å²) in [5.74, 6) is 0. The monoisotopic (exact) mass is 567 g/mol. The van der Waals surface area contributed by atoms with E-state index in [9.17, 15) is 0 Å². The highest BCUT2D eigenvalue weighted by molar-refractivity contribution is 6.04. The summed E-state index contributed by atoms with van der Waals surface area (Å²) in [6, 6.07) is 26.3. The zero-order chi connectivity index (χ0) is 30.7. The van der Waals surface area contributed by atoms with Gasteiger partial charge in [-0.05, 0) is 63.1 Å². The summed E-state index contributed by atoms with van der Waals surface area (Å²) in [5.41, 5.74) is 12.8. The number of para-hydroxylation sites is 3. The van der Waals surface area contributed by atoms with Crippen molar-refractivity contribution >= 4 is 28.5 Å². The molecule has 0 spiro atoms. The Balaban J connectivity index is 1.43. The molecule has 0 bridgehead atoms. The molecule has 0 aliphatic carbocycles. The SMILES string of the molecule is CN1/C(=C/C=C(/C=C/C2=[N+](C)c3ccccc3C2(C)C)/C=C/C2=[N+](C)c3ccccc3C2(C)C)C(C)(C)c2ccccc21. The molecule has 0 atom stereocenters. The minimum Gasteiger partial charge on any atom is -0.347 e. The summed E-state index contributed by atoms with van der Waals surface area (Å²) in [6.07, 6.45) is 13.8. The molecule has 6 rings (SSSR count). The van der Waals surface area contributed by atoms with E-state index in [1.165, 1.54) is 50.9 Å². The molecule has 43 heavy (non-hydrogen) atoms. The maximum atomic E-state index is 2.34. The summed E-state index contributed by atoms with van der Waals surface area (Å²) < 4.78 is 4.69. The van der Waals surface area contributed by atoms with Gasteiger partial charge < -0.3 is 4.90 Å². The second-order valence-corrected chi connectivity index (χ2v) is 13.8. The maximum Gasteiger partial charge on any atom is 0.209 e. The molecule has 3 heterocycles. The number of hydrogen-bond donors (Lipinski definition) is 0. The van der Waals surface area contributed by atoms with Crippen LogP contribution in [0.25, 0.3) is 0 Å². The number of fused-ring (bicyclic) bond motifs is 3. The first-order chi connectivity index (χ1) is 20.4. The van der Waals surface area contributed by atoms with Crippen LogP contribution in [0.15, 0.2) is 121 Å². The molecule has 0 saturated carbocycles. The van der Waals surface area contributed by atoms with Crippen LogP contribution in [-0.2, 0) is 16.2 Å². The Labute approximate surface area is 258 Å². The highest BCUT2D eigenvalue weighted by Crippen LogP contribution is 2.47. The fraction of sp³-hybridized carbons (Fsp3) is 0.300. The van der Waals surface area contributed by atoms with Crippen LogP contribution in [-0.4, -0.2) is 41.7 Å². The van der Waals surface area contributed by atoms with Crippen LogP contribution in [0.2, 0.25) is 0 Å². The van der Waals surface area contributed by atoms with E-state index in [-0.39, 0.29) is 16.2 Å². The van der Waals surface area contributed by atoms with Crippen molar-refractivity contribution in [2.45, 2.75) is 57.8 Å². The second-order valence-electron chi connectivity index (χ2n) is 13.8. The number of likely N-dealkylation sites (N-methyl/N-ethyl adjacent to an activating group) is 1. The van der Waals surface area contributed by atoms with Gasteiger partial charge in [-0.3, -0.25) is 0 Å². The van der Waals surface area contributed by atoms with E-state index in [1.54, 1.807) is 0 Å². The van der Waals surface area contributed by atoms with Gasteiger partial charge in [0.05, 0.1) is 10.8 Å². The summed E-state index contributed by atoms with van der Waals surface area (Å²) in [7, 11) is 6.56. The average molecular weight is 568 g/mol. The van der Waals surface area contributed by atoms with Crippen molar-refractivity contribution in [1.29, 1.82) is 0 Å². The van der Waals surface area contributed by atoms with Gasteiger partial charge in [0.15, 0.2) is 11.4 Å². The van der Waals surface area contributed by atoms with Gasteiger partial charge in [-0.25, -0.2) is 0 Å². The van der Waals surface area contributed by atoms with Gasteiger partial charge in [0.2, 0.25) is 11.4 Å².